The van der Waals surface area contributed by atoms with Crippen LogP contribution in [0.4, 0.5) is 0 Å². The van der Waals surface area contributed by atoms with Crippen LogP contribution >= 0.6 is 0 Å². The molecule has 0 radical (unpaired) electrons. The first-order chi connectivity index (χ1) is 8.19. The van der Waals surface area contributed by atoms with Crippen LogP contribution in [0.15, 0.2) is 24.9 Å². The molecular formula is C12H17N5. The zero-order valence-electron chi connectivity index (χ0n) is 10.2. The monoisotopic (exact) mass is 231 g/mol. The molecule has 0 saturated carbocycles. The zero-order chi connectivity index (χ0) is 11.9. The van der Waals surface area contributed by atoms with E-state index in [2.05, 4.69) is 26.9 Å². The highest BCUT2D eigenvalue weighted by Crippen LogP contribution is 2.31. The maximum Gasteiger partial charge on any atom is 0.0995 e. The molecule has 1 aliphatic rings. The average molecular weight is 231 g/mol. The molecule has 5 heteroatoms. The second kappa shape index (κ2) is 3.70. The largest absolute Gasteiger partial charge is 0.316 e. The Bertz CT molecular complexity index is 518. The fourth-order valence-electron chi connectivity index (χ4n) is 2.52. The van der Waals surface area contributed by atoms with Gasteiger partial charge < -0.3 is 5.32 Å². The SMILES string of the molecule is Cn1cc(-n2cncc2C2(C)CCNC2)cn1. The van der Waals surface area contributed by atoms with Gasteiger partial charge >= 0.3 is 0 Å². The predicted molar refractivity (Wildman–Crippen MR) is 65.2 cm³/mol. The Morgan fingerprint density at radius 1 is 1.41 bits per heavy atom. The van der Waals surface area contributed by atoms with Crippen LogP contribution in [0.3, 0.4) is 0 Å². The number of nitrogens with zero attached hydrogens (tertiary/aromatic N) is 4. The van der Waals surface area contributed by atoms with E-state index >= 15 is 0 Å². The van der Waals surface area contributed by atoms with Crippen LogP contribution < -0.4 is 5.32 Å². The summed E-state index contributed by atoms with van der Waals surface area (Å²) in [7, 11) is 1.93. The Morgan fingerprint density at radius 3 is 2.94 bits per heavy atom. The van der Waals surface area contributed by atoms with Gasteiger partial charge in [-0.1, -0.05) is 6.92 Å². The molecule has 17 heavy (non-hydrogen) atoms. The molecule has 1 N–H and O–H groups in total. The third-order valence-electron chi connectivity index (χ3n) is 3.60. The van der Waals surface area contributed by atoms with Crippen LogP contribution in [0.1, 0.15) is 19.0 Å². The molecule has 1 unspecified atom stereocenters. The minimum Gasteiger partial charge on any atom is -0.316 e. The molecule has 2 aromatic heterocycles. The number of hydrogen-bond donors (Lipinski definition) is 1. The van der Waals surface area contributed by atoms with Gasteiger partial charge in [-0.2, -0.15) is 5.10 Å². The number of hydrogen-bond acceptors (Lipinski definition) is 3. The van der Waals surface area contributed by atoms with Gasteiger partial charge in [-0.25, -0.2) is 4.98 Å². The van der Waals surface area contributed by atoms with Gasteiger partial charge in [0.2, 0.25) is 0 Å². The minimum absolute atomic E-state index is 0.173. The van der Waals surface area contributed by atoms with E-state index in [0.717, 1.165) is 25.2 Å². The molecule has 1 aliphatic heterocycles. The summed E-state index contributed by atoms with van der Waals surface area (Å²) in [5, 5.41) is 7.64. The van der Waals surface area contributed by atoms with Gasteiger partial charge in [0.15, 0.2) is 0 Å². The van der Waals surface area contributed by atoms with Gasteiger partial charge in [0.1, 0.15) is 0 Å². The second-order valence-electron chi connectivity index (χ2n) is 5.01. The van der Waals surface area contributed by atoms with E-state index in [0.29, 0.717) is 0 Å². The number of aryl methyl sites for hydroxylation is 1. The number of aromatic nitrogens is 4. The van der Waals surface area contributed by atoms with E-state index in [1.165, 1.54) is 5.69 Å². The van der Waals surface area contributed by atoms with Crippen LogP contribution in [-0.4, -0.2) is 32.4 Å². The molecule has 3 heterocycles. The van der Waals surface area contributed by atoms with Gasteiger partial charge in [-0.3, -0.25) is 9.25 Å². The fourth-order valence-corrected chi connectivity index (χ4v) is 2.52. The first kappa shape index (κ1) is 10.5. The fraction of sp³-hybridized carbons (Fsp3) is 0.500. The Morgan fingerprint density at radius 2 is 2.29 bits per heavy atom. The lowest BCUT2D eigenvalue weighted by Crippen LogP contribution is -2.27. The van der Waals surface area contributed by atoms with Crippen LogP contribution in [0, 0.1) is 0 Å². The highest BCUT2D eigenvalue weighted by Gasteiger charge is 2.33. The molecule has 2 aromatic rings. The van der Waals surface area contributed by atoms with Crippen molar-refractivity contribution in [2.45, 2.75) is 18.8 Å². The third kappa shape index (κ3) is 1.67. The van der Waals surface area contributed by atoms with Gasteiger partial charge in [-0.05, 0) is 13.0 Å². The normalized spacial score (nSPS) is 24.4. The lowest BCUT2D eigenvalue weighted by Gasteiger charge is -2.23. The molecule has 5 nitrogen and oxygen atoms in total. The Balaban J connectivity index is 2.05. The summed E-state index contributed by atoms with van der Waals surface area (Å²) in [5.74, 6) is 0. The molecular weight excluding hydrogens is 214 g/mol. The number of nitrogens with one attached hydrogen (secondary N) is 1. The van der Waals surface area contributed by atoms with Crippen molar-refractivity contribution >= 4 is 0 Å². The molecule has 0 aromatic carbocycles. The topological polar surface area (TPSA) is 47.7 Å². The first-order valence-corrected chi connectivity index (χ1v) is 5.92. The van der Waals surface area contributed by atoms with Crippen molar-refractivity contribution in [3.8, 4) is 5.69 Å². The highest BCUT2D eigenvalue weighted by atomic mass is 15.3. The predicted octanol–water partition coefficient (Wildman–Crippen LogP) is 0.857. The van der Waals surface area contributed by atoms with Crippen molar-refractivity contribution in [1.29, 1.82) is 0 Å². The molecule has 90 valence electrons. The molecule has 1 atom stereocenters. The van der Waals surface area contributed by atoms with Crippen molar-refractivity contribution in [2.24, 2.45) is 7.05 Å². The molecule has 3 rings (SSSR count). The molecule has 1 fully saturated rings. The maximum atomic E-state index is 4.30. The van der Waals surface area contributed by atoms with Crippen molar-refractivity contribution in [1.82, 2.24) is 24.6 Å². The van der Waals surface area contributed by atoms with Crippen molar-refractivity contribution < 1.29 is 0 Å². The van der Waals surface area contributed by atoms with Gasteiger partial charge in [0.05, 0.1) is 18.2 Å². The second-order valence-corrected chi connectivity index (χ2v) is 5.01. The lowest BCUT2D eigenvalue weighted by molar-refractivity contribution is 0.499. The van der Waals surface area contributed by atoms with E-state index in [9.17, 15) is 0 Å². The van der Waals surface area contributed by atoms with E-state index < -0.39 is 0 Å². The molecule has 1 saturated heterocycles. The molecule has 0 bridgehead atoms. The van der Waals surface area contributed by atoms with Gasteiger partial charge in [-0.15, -0.1) is 0 Å². The van der Waals surface area contributed by atoms with E-state index in [-0.39, 0.29) is 5.41 Å². The van der Waals surface area contributed by atoms with E-state index in [4.69, 9.17) is 0 Å². The maximum absolute atomic E-state index is 4.30. The highest BCUT2D eigenvalue weighted by molar-refractivity contribution is 5.32. The van der Waals surface area contributed by atoms with E-state index in [1.54, 1.807) is 0 Å². The summed E-state index contributed by atoms with van der Waals surface area (Å²) in [4.78, 5) is 4.30. The average Bonchev–Trinajstić information content (AvgIpc) is 2.96. The summed E-state index contributed by atoms with van der Waals surface area (Å²) in [6.07, 6.45) is 8.88. The summed E-state index contributed by atoms with van der Waals surface area (Å²) >= 11 is 0. The van der Waals surface area contributed by atoms with Crippen LogP contribution in [0.2, 0.25) is 0 Å². The minimum atomic E-state index is 0.173. The summed E-state index contributed by atoms with van der Waals surface area (Å²) in [6.45, 7) is 4.38. The number of rotatable bonds is 2. The van der Waals surface area contributed by atoms with Crippen molar-refractivity contribution in [2.75, 3.05) is 13.1 Å². The first-order valence-electron chi connectivity index (χ1n) is 5.92. The smallest absolute Gasteiger partial charge is 0.0995 e. The Kier molecular flexibility index (Phi) is 2.29. The van der Waals surface area contributed by atoms with Gasteiger partial charge in [0.25, 0.3) is 0 Å². The lowest BCUT2D eigenvalue weighted by atomic mass is 9.86. The Hall–Kier alpha value is -1.62. The quantitative estimate of drug-likeness (QED) is 0.834. The Labute approximate surface area is 100 Å². The zero-order valence-corrected chi connectivity index (χ0v) is 10.2. The van der Waals surface area contributed by atoms with E-state index in [1.807, 2.05) is 36.6 Å². The molecule has 0 amide bonds. The summed E-state index contributed by atoms with van der Waals surface area (Å²) < 4.78 is 3.95. The van der Waals surface area contributed by atoms with Crippen LogP contribution in [0.25, 0.3) is 5.69 Å². The van der Waals surface area contributed by atoms with Gasteiger partial charge in [0, 0.05) is 37.1 Å². The van der Waals surface area contributed by atoms with Crippen LogP contribution in [0.5, 0.6) is 0 Å². The summed E-state index contributed by atoms with van der Waals surface area (Å²) in [6, 6.07) is 0. The van der Waals surface area contributed by atoms with Crippen LogP contribution in [-0.2, 0) is 12.5 Å². The number of imidazole rings is 1. The molecule has 0 aliphatic carbocycles. The summed E-state index contributed by atoms with van der Waals surface area (Å²) in [5.41, 5.74) is 2.51. The standard InChI is InChI=1S/C12H17N5/c1-12(3-4-13-8-12)11-6-14-9-17(11)10-5-15-16(2)7-10/h5-7,9,13H,3-4,8H2,1-2H3. The molecule has 0 spiro atoms. The van der Waals surface area contributed by atoms with Crippen molar-refractivity contribution in [3.63, 3.8) is 0 Å². The third-order valence-corrected chi connectivity index (χ3v) is 3.60. The van der Waals surface area contributed by atoms with Crippen molar-refractivity contribution in [3.05, 3.63) is 30.6 Å².